The Bertz CT molecular complexity index is 2930. The van der Waals surface area contributed by atoms with Gasteiger partial charge in [-0.05, 0) is 74.7 Å². The van der Waals surface area contributed by atoms with Gasteiger partial charge in [-0.15, -0.1) is 0 Å². The summed E-state index contributed by atoms with van der Waals surface area (Å²) >= 11 is 0. The first kappa shape index (κ1) is 36.7. The van der Waals surface area contributed by atoms with Crippen LogP contribution in [0.2, 0.25) is 0 Å². The minimum absolute atomic E-state index is 0.107. The Morgan fingerprint density at radius 3 is 2.18 bits per heavy atom. The molecular weight excluding hydrogens is 801 g/mol. The Morgan fingerprint density at radius 1 is 0.667 bits per heavy atom. The molecule has 4 fully saturated rings. The maximum Gasteiger partial charge on any atom is 0.268 e. The summed E-state index contributed by atoms with van der Waals surface area (Å²) in [6.07, 6.45) is 11.9. The van der Waals surface area contributed by atoms with Crippen LogP contribution in [-0.2, 0) is 26.5 Å². The molecule has 12 rings (SSSR count). The zero-order valence-electron chi connectivity index (χ0n) is 33.1. The fourth-order valence-corrected chi connectivity index (χ4v) is 14.2. The van der Waals surface area contributed by atoms with Crippen LogP contribution in [0, 0.1) is 0 Å². The summed E-state index contributed by atoms with van der Waals surface area (Å²) in [6, 6.07) is 18.9. The summed E-state index contributed by atoms with van der Waals surface area (Å²) < 4.78 is 72.3. The zero-order valence-corrected chi connectivity index (χ0v) is 34.8. The number of hydrogen-bond donors (Lipinski definition) is 0. The van der Waals surface area contributed by atoms with Gasteiger partial charge >= 0.3 is 0 Å². The minimum Gasteiger partial charge on any atom is -0.493 e. The molecule has 6 aromatic rings. The van der Waals surface area contributed by atoms with Crippen LogP contribution < -0.4 is 19.3 Å². The fourth-order valence-electron chi connectivity index (χ4n) is 11.2. The molecule has 310 valence electrons. The smallest absolute Gasteiger partial charge is 0.268 e. The van der Waals surface area contributed by atoms with Crippen molar-refractivity contribution in [2.24, 2.45) is 0 Å². The van der Waals surface area contributed by atoms with Gasteiger partial charge in [0.25, 0.3) is 20.0 Å². The van der Waals surface area contributed by atoms with Gasteiger partial charge in [0, 0.05) is 112 Å². The fraction of sp³-hybridized carbons (Fsp3) is 0.409. The lowest BCUT2D eigenvalue weighted by atomic mass is 9.91. The molecule has 2 aromatic carbocycles. The normalized spacial score (nSPS) is 24.4. The monoisotopic (exact) mass is 846 g/mol. The second-order valence-corrected chi connectivity index (χ2v) is 20.7. The molecule has 4 atom stereocenters. The summed E-state index contributed by atoms with van der Waals surface area (Å²) in [5, 5.41) is 0. The molecule has 6 aliphatic heterocycles. The molecule has 16 heteroatoms. The molecular formula is C44H46N8O6S2. The van der Waals surface area contributed by atoms with Gasteiger partial charge in [0.2, 0.25) is 0 Å². The van der Waals surface area contributed by atoms with E-state index in [4.69, 9.17) is 14.5 Å². The average molecular weight is 847 g/mol. The number of fused-ring (bicyclic) bond motifs is 6. The molecule has 0 spiro atoms. The highest BCUT2D eigenvalue weighted by Gasteiger charge is 2.45. The maximum atomic E-state index is 14.5. The van der Waals surface area contributed by atoms with Crippen molar-refractivity contribution in [1.82, 2.24) is 27.7 Å². The number of hydrogen-bond acceptors (Lipinski definition) is 12. The Kier molecular flexibility index (Phi) is 8.36. The Balaban J connectivity index is 0.789. The summed E-state index contributed by atoms with van der Waals surface area (Å²) in [7, 11) is -7.88. The van der Waals surface area contributed by atoms with Crippen molar-refractivity contribution in [3.63, 3.8) is 0 Å². The van der Waals surface area contributed by atoms with Crippen molar-refractivity contribution in [3.05, 3.63) is 96.6 Å². The average Bonchev–Trinajstić information content (AvgIpc) is 4.13. The van der Waals surface area contributed by atoms with Crippen molar-refractivity contribution in [3.8, 4) is 11.5 Å². The molecule has 0 radical (unpaired) electrons. The maximum absolute atomic E-state index is 14.5. The number of aromatic nitrogens is 4. The second kappa shape index (κ2) is 13.7. The standard InChI is InChI=1S/C44H46N8O6S2/c53-59(54,51-26-38(43-36(51)6-2-15-45-43)48-19-18-47-17-4-5-29(47)24-48)31-11-12-32-34(28-58-41(32)23-31)35-13-10-30-25-49(20-21-50(30)35)39-27-52(37-7-3-16-46-44(37)39)60(55,56)42-9-1-8-40-33(42)14-22-57-40/h1-3,6-9,11-12,15-16,23,26-27,29-30,34-35H,4-5,10,13-14,17-22,24-25,28H2. The van der Waals surface area contributed by atoms with Crippen LogP contribution in [0.4, 0.5) is 11.4 Å². The topological polar surface area (TPSA) is 135 Å². The quantitative estimate of drug-likeness (QED) is 0.216. The van der Waals surface area contributed by atoms with Gasteiger partial charge in [0.1, 0.15) is 22.5 Å². The van der Waals surface area contributed by atoms with Crippen LogP contribution in [-0.4, -0.2) is 122 Å². The molecule has 4 aromatic heterocycles. The van der Waals surface area contributed by atoms with E-state index in [2.05, 4.69) is 24.6 Å². The molecule has 14 nitrogen and oxygen atoms in total. The van der Waals surface area contributed by atoms with E-state index in [9.17, 15) is 16.8 Å². The Hall–Kier alpha value is -5.16. The first-order chi connectivity index (χ1) is 29.2. The number of piperazine rings is 2. The largest absolute Gasteiger partial charge is 0.493 e. The highest BCUT2D eigenvalue weighted by atomic mass is 32.2. The zero-order chi connectivity index (χ0) is 40.3. The van der Waals surface area contributed by atoms with Crippen LogP contribution in [0.1, 0.15) is 42.7 Å². The third-order valence-electron chi connectivity index (χ3n) is 14.1. The van der Waals surface area contributed by atoms with Gasteiger partial charge in [0.05, 0.1) is 45.4 Å². The SMILES string of the molecule is O=S(=O)(c1ccc2c(c1)OCC2C1CCC2CN(c3cn(S(=O)(=O)c4cccc5c4CCO5)c4cccnc34)CCN21)n1cc(N2CCN3CCCC3C2)c2ncccc21. The van der Waals surface area contributed by atoms with Gasteiger partial charge in [-0.1, -0.05) is 12.1 Å². The van der Waals surface area contributed by atoms with Crippen molar-refractivity contribution in [1.29, 1.82) is 0 Å². The molecule has 0 N–H and O–H groups in total. The summed E-state index contributed by atoms with van der Waals surface area (Å²) in [5.41, 5.74) is 5.97. The molecule has 6 aliphatic rings. The highest BCUT2D eigenvalue weighted by molar-refractivity contribution is 7.90. The van der Waals surface area contributed by atoms with E-state index < -0.39 is 20.0 Å². The molecule has 0 saturated carbocycles. The molecule has 10 heterocycles. The lowest BCUT2D eigenvalue weighted by Crippen LogP contribution is -2.53. The van der Waals surface area contributed by atoms with Crippen molar-refractivity contribution >= 4 is 53.5 Å². The Labute approximate surface area is 349 Å². The second-order valence-electron chi connectivity index (χ2n) is 17.1. The summed E-state index contributed by atoms with van der Waals surface area (Å²) in [4.78, 5) is 19.6. The van der Waals surface area contributed by atoms with E-state index in [0.29, 0.717) is 65.8 Å². The first-order valence-electron chi connectivity index (χ1n) is 21.2. The number of pyridine rings is 2. The van der Waals surface area contributed by atoms with Gasteiger partial charge in [0.15, 0.2) is 0 Å². The van der Waals surface area contributed by atoms with Crippen LogP contribution in [0.15, 0.2) is 95.2 Å². The third kappa shape index (κ3) is 5.56. The molecule has 60 heavy (non-hydrogen) atoms. The first-order valence-corrected chi connectivity index (χ1v) is 24.1. The summed E-state index contributed by atoms with van der Waals surface area (Å²) in [5.74, 6) is 1.37. The number of nitrogens with zero attached hydrogens (tertiary/aromatic N) is 8. The van der Waals surface area contributed by atoms with Crippen LogP contribution in [0.3, 0.4) is 0 Å². The predicted molar refractivity (Wildman–Crippen MR) is 227 cm³/mol. The van der Waals surface area contributed by atoms with Crippen LogP contribution >= 0.6 is 0 Å². The van der Waals surface area contributed by atoms with Crippen LogP contribution in [0.25, 0.3) is 22.1 Å². The summed E-state index contributed by atoms with van der Waals surface area (Å²) in [6.45, 7) is 7.06. The van der Waals surface area contributed by atoms with E-state index in [1.54, 1.807) is 61.2 Å². The Morgan fingerprint density at radius 2 is 1.40 bits per heavy atom. The molecule has 0 bridgehead atoms. The van der Waals surface area contributed by atoms with Crippen molar-refractivity contribution in [2.75, 3.05) is 68.8 Å². The number of ether oxygens (including phenoxy) is 2. The number of rotatable bonds is 7. The van der Waals surface area contributed by atoms with Crippen molar-refractivity contribution in [2.45, 2.75) is 65.9 Å². The van der Waals surface area contributed by atoms with Gasteiger partial charge < -0.3 is 19.3 Å². The van der Waals surface area contributed by atoms with Gasteiger partial charge in [-0.3, -0.25) is 19.8 Å². The predicted octanol–water partition coefficient (Wildman–Crippen LogP) is 4.91. The molecule has 4 saturated heterocycles. The van der Waals surface area contributed by atoms with E-state index in [1.807, 2.05) is 24.3 Å². The lowest BCUT2D eigenvalue weighted by Gasteiger charge is -2.42. The molecule has 4 unspecified atom stereocenters. The van der Waals surface area contributed by atoms with E-state index in [-0.39, 0.29) is 27.8 Å². The lowest BCUT2D eigenvalue weighted by molar-refractivity contribution is 0.146. The number of anilines is 2. The van der Waals surface area contributed by atoms with Crippen molar-refractivity contribution < 1.29 is 26.3 Å². The van der Waals surface area contributed by atoms with Gasteiger partial charge in [-0.25, -0.2) is 24.8 Å². The third-order valence-corrected chi connectivity index (χ3v) is 17.5. The molecule has 0 aliphatic carbocycles. The van der Waals surface area contributed by atoms with Gasteiger partial charge in [-0.2, -0.15) is 0 Å². The number of benzene rings is 2. The minimum atomic E-state index is -3.96. The highest BCUT2D eigenvalue weighted by Crippen LogP contribution is 2.45. The van der Waals surface area contributed by atoms with Crippen LogP contribution in [0.5, 0.6) is 11.5 Å². The van der Waals surface area contributed by atoms with E-state index in [1.165, 1.54) is 20.8 Å². The molecule has 0 amide bonds. The van der Waals surface area contributed by atoms with E-state index >= 15 is 0 Å². The van der Waals surface area contributed by atoms with E-state index in [0.717, 1.165) is 74.6 Å².